The van der Waals surface area contributed by atoms with Crippen LogP contribution in [0.25, 0.3) is 0 Å². The van der Waals surface area contributed by atoms with Gasteiger partial charge in [-0.1, -0.05) is 36.4 Å². The summed E-state index contributed by atoms with van der Waals surface area (Å²) in [5.41, 5.74) is 3.50. The van der Waals surface area contributed by atoms with Crippen LogP contribution in [-0.2, 0) is 24.3 Å². The molecule has 1 saturated heterocycles. The van der Waals surface area contributed by atoms with E-state index in [-0.39, 0.29) is 11.3 Å². The molecular formula is C22H26N2O2. The average Bonchev–Trinajstić information content (AvgIpc) is 2.98. The van der Waals surface area contributed by atoms with E-state index >= 15 is 0 Å². The SMILES string of the molecule is CCOc1cccc(CN2CCC3(Cc4ccccc4CNC3=O)C2)c1. The van der Waals surface area contributed by atoms with Crippen molar-refractivity contribution in [1.29, 1.82) is 0 Å². The van der Waals surface area contributed by atoms with Gasteiger partial charge in [-0.25, -0.2) is 0 Å². The highest BCUT2D eigenvalue weighted by molar-refractivity contribution is 5.84. The fourth-order valence-corrected chi connectivity index (χ4v) is 4.29. The number of fused-ring (bicyclic) bond motifs is 1. The molecule has 2 heterocycles. The Hall–Kier alpha value is -2.33. The minimum absolute atomic E-state index is 0.208. The largest absolute Gasteiger partial charge is 0.494 e. The Kier molecular flexibility index (Phi) is 4.68. The van der Waals surface area contributed by atoms with Gasteiger partial charge in [0.05, 0.1) is 12.0 Å². The number of nitrogens with one attached hydrogen (secondary N) is 1. The van der Waals surface area contributed by atoms with Crippen LogP contribution in [0.3, 0.4) is 0 Å². The Labute approximate surface area is 155 Å². The van der Waals surface area contributed by atoms with Crippen molar-refractivity contribution < 1.29 is 9.53 Å². The minimum Gasteiger partial charge on any atom is -0.494 e. The molecule has 4 nitrogen and oxygen atoms in total. The second-order valence-corrected chi connectivity index (χ2v) is 7.45. The molecule has 0 saturated carbocycles. The molecule has 2 aliphatic rings. The number of hydrogen-bond donors (Lipinski definition) is 1. The second-order valence-electron chi connectivity index (χ2n) is 7.45. The zero-order valence-electron chi connectivity index (χ0n) is 15.3. The molecule has 1 atom stereocenters. The van der Waals surface area contributed by atoms with Crippen LogP contribution in [0.5, 0.6) is 5.75 Å². The first-order chi connectivity index (χ1) is 12.7. The molecule has 2 aliphatic heterocycles. The number of rotatable bonds is 4. The Balaban J connectivity index is 1.50. The maximum absolute atomic E-state index is 12.9. The molecule has 4 rings (SSSR count). The van der Waals surface area contributed by atoms with Gasteiger partial charge in [-0.15, -0.1) is 0 Å². The molecule has 1 N–H and O–H groups in total. The molecular weight excluding hydrogens is 324 g/mol. The van der Waals surface area contributed by atoms with Crippen molar-refractivity contribution in [1.82, 2.24) is 10.2 Å². The predicted octanol–water partition coefficient (Wildman–Crippen LogP) is 3.15. The number of amides is 1. The standard InChI is InChI=1S/C22H26N2O2/c1-2-26-20-9-5-6-17(12-20)15-24-11-10-22(16-24)13-18-7-3-4-8-19(18)14-23-21(22)25/h3-9,12H,2,10-11,13-16H2,1H3,(H,23,25). The topological polar surface area (TPSA) is 41.6 Å². The molecule has 1 spiro atoms. The summed E-state index contributed by atoms with van der Waals surface area (Å²) in [5.74, 6) is 1.12. The zero-order valence-corrected chi connectivity index (χ0v) is 15.3. The average molecular weight is 350 g/mol. The lowest BCUT2D eigenvalue weighted by Gasteiger charge is -2.26. The van der Waals surface area contributed by atoms with Gasteiger partial charge in [-0.2, -0.15) is 0 Å². The van der Waals surface area contributed by atoms with Crippen molar-refractivity contribution in [2.45, 2.75) is 32.9 Å². The third-order valence-electron chi connectivity index (χ3n) is 5.62. The zero-order chi connectivity index (χ0) is 18.0. The molecule has 1 fully saturated rings. The number of ether oxygens (including phenoxy) is 1. The maximum Gasteiger partial charge on any atom is 0.228 e. The normalized spacial score (nSPS) is 22.7. The summed E-state index contributed by atoms with van der Waals surface area (Å²) in [7, 11) is 0. The van der Waals surface area contributed by atoms with E-state index in [9.17, 15) is 4.79 Å². The van der Waals surface area contributed by atoms with E-state index in [1.54, 1.807) is 0 Å². The number of nitrogens with zero attached hydrogens (tertiary/aromatic N) is 1. The Morgan fingerprint density at radius 1 is 1.15 bits per heavy atom. The molecule has 1 unspecified atom stereocenters. The summed E-state index contributed by atoms with van der Waals surface area (Å²) in [6.07, 6.45) is 1.75. The van der Waals surface area contributed by atoms with Gasteiger partial charge >= 0.3 is 0 Å². The molecule has 0 radical (unpaired) electrons. The maximum atomic E-state index is 12.9. The lowest BCUT2D eigenvalue weighted by molar-refractivity contribution is -0.130. The fourth-order valence-electron chi connectivity index (χ4n) is 4.29. The number of likely N-dealkylation sites (tertiary alicyclic amines) is 1. The summed E-state index contributed by atoms with van der Waals surface area (Å²) in [6, 6.07) is 16.7. The van der Waals surface area contributed by atoms with E-state index < -0.39 is 0 Å². The van der Waals surface area contributed by atoms with Crippen molar-refractivity contribution in [3.8, 4) is 5.75 Å². The van der Waals surface area contributed by atoms with Crippen molar-refractivity contribution >= 4 is 5.91 Å². The van der Waals surface area contributed by atoms with Crippen molar-refractivity contribution in [2.24, 2.45) is 5.41 Å². The first-order valence-electron chi connectivity index (χ1n) is 9.48. The smallest absolute Gasteiger partial charge is 0.228 e. The highest BCUT2D eigenvalue weighted by atomic mass is 16.5. The summed E-state index contributed by atoms with van der Waals surface area (Å²) in [6.45, 7) is 5.94. The summed E-state index contributed by atoms with van der Waals surface area (Å²) in [5, 5.41) is 3.16. The Morgan fingerprint density at radius 3 is 2.85 bits per heavy atom. The van der Waals surface area contributed by atoms with Gasteiger partial charge < -0.3 is 10.1 Å². The second kappa shape index (κ2) is 7.12. The Bertz CT molecular complexity index is 804. The molecule has 136 valence electrons. The first-order valence-corrected chi connectivity index (χ1v) is 9.48. The highest BCUT2D eigenvalue weighted by Gasteiger charge is 2.45. The first kappa shape index (κ1) is 17.1. The number of hydrogen-bond acceptors (Lipinski definition) is 3. The van der Waals surface area contributed by atoms with E-state index in [2.05, 4.69) is 46.6 Å². The van der Waals surface area contributed by atoms with Crippen LogP contribution in [0.4, 0.5) is 0 Å². The van der Waals surface area contributed by atoms with Gasteiger partial charge in [-0.3, -0.25) is 9.69 Å². The van der Waals surface area contributed by atoms with Crippen LogP contribution < -0.4 is 10.1 Å². The highest BCUT2D eigenvalue weighted by Crippen LogP contribution is 2.37. The van der Waals surface area contributed by atoms with Gasteiger partial charge in [0.25, 0.3) is 0 Å². The molecule has 0 aliphatic carbocycles. The van der Waals surface area contributed by atoms with E-state index in [4.69, 9.17) is 4.74 Å². The summed E-state index contributed by atoms with van der Waals surface area (Å²) >= 11 is 0. The lowest BCUT2D eigenvalue weighted by atomic mass is 9.80. The van der Waals surface area contributed by atoms with Crippen LogP contribution >= 0.6 is 0 Å². The van der Waals surface area contributed by atoms with Gasteiger partial charge in [0, 0.05) is 19.6 Å². The third kappa shape index (κ3) is 3.34. The van der Waals surface area contributed by atoms with Gasteiger partial charge in [0.1, 0.15) is 5.75 Å². The minimum atomic E-state index is -0.301. The molecule has 2 aromatic carbocycles. The van der Waals surface area contributed by atoms with Gasteiger partial charge in [0.2, 0.25) is 5.91 Å². The molecule has 4 heteroatoms. The fraction of sp³-hybridized carbons (Fsp3) is 0.409. The third-order valence-corrected chi connectivity index (χ3v) is 5.62. The Morgan fingerprint density at radius 2 is 2.00 bits per heavy atom. The van der Waals surface area contributed by atoms with Crippen LogP contribution in [0.1, 0.15) is 30.0 Å². The predicted molar refractivity (Wildman–Crippen MR) is 102 cm³/mol. The van der Waals surface area contributed by atoms with Gasteiger partial charge in [-0.05, 0) is 55.1 Å². The lowest BCUT2D eigenvalue weighted by Crippen LogP contribution is -2.42. The van der Waals surface area contributed by atoms with Gasteiger partial charge in [0.15, 0.2) is 0 Å². The van der Waals surface area contributed by atoms with E-state index in [1.807, 2.05) is 19.1 Å². The van der Waals surface area contributed by atoms with Crippen molar-refractivity contribution in [3.63, 3.8) is 0 Å². The molecule has 2 aromatic rings. The number of benzene rings is 2. The molecule has 0 aromatic heterocycles. The van der Waals surface area contributed by atoms with E-state index in [1.165, 1.54) is 16.7 Å². The quantitative estimate of drug-likeness (QED) is 0.921. The van der Waals surface area contributed by atoms with Crippen molar-refractivity contribution in [3.05, 3.63) is 65.2 Å². The van der Waals surface area contributed by atoms with Crippen LogP contribution in [0.2, 0.25) is 0 Å². The summed E-state index contributed by atoms with van der Waals surface area (Å²) < 4.78 is 5.61. The van der Waals surface area contributed by atoms with Crippen LogP contribution in [0.15, 0.2) is 48.5 Å². The summed E-state index contributed by atoms with van der Waals surface area (Å²) in [4.78, 5) is 15.3. The van der Waals surface area contributed by atoms with Crippen molar-refractivity contribution in [2.75, 3.05) is 19.7 Å². The van der Waals surface area contributed by atoms with Crippen LogP contribution in [0, 0.1) is 5.41 Å². The molecule has 1 amide bonds. The van der Waals surface area contributed by atoms with E-state index in [0.29, 0.717) is 13.2 Å². The van der Waals surface area contributed by atoms with E-state index in [0.717, 1.165) is 38.2 Å². The monoisotopic (exact) mass is 350 g/mol. The number of carbonyl (C=O) groups is 1. The van der Waals surface area contributed by atoms with Crippen LogP contribution in [-0.4, -0.2) is 30.5 Å². The molecule has 26 heavy (non-hydrogen) atoms. The number of carbonyl (C=O) groups excluding carboxylic acids is 1. The molecule has 0 bridgehead atoms.